The second-order valence-electron chi connectivity index (χ2n) is 9.84. The Labute approximate surface area is 212 Å². The van der Waals surface area contributed by atoms with Gasteiger partial charge in [-0.1, -0.05) is 30.3 Å². The van der Waals surface area contributed by atoms with Crippen molar-refractivity contribution in [2.24, 2.45) is 11.8 Å². The number of amides is 2. The van der Waals surface area contributed by atoms with Crippen molar-refractivity contribution in [1.29, 1.82) is 0 Å². The number of hydrogen-bond acceptors (Lipinski definition) is 4. The fourth-order valence-corrected chi connectivity index (χ4v) is 5.79. The zero-order valence-corrected chi connectivity index (χ0v) is 21.1. The maximum Gasteiger partial charge on any atom is 0.318 e. The molecule has 36 heavy (non-hydrogen) atoms. The number of rotatable bonds is 6. The molecule has 3 aromatic rings. The molecule has 1 saturated carbocycles. The standard InChI is InChI=1S/C29H35N3O4/c1-3-36-28(33)21-10-8-19(9-11-21)18-30-29(34)32-17-16-24-23-6-4-5-7-25(23)31-26(24)27(32)20-12-14-22(35-2)15-13-20/h4-7,12-15,19,21,27,31H,3,8-11,16-18H2,1-2H3,(H,30,34)/t19?,21?,27-/m1/s1. The number of aromatic amines is 1. The molecule has 1 aliphatic carbocycles. The van der Waals surface area contributed by atoms with Crippen molar-refractivity contribution >= 4 is 22.9 Å². The van der Waals surface area contributed by atoms with E-state index >= 15 is 0 Å². The highest BCUT2D eigenvalue weighted by Gasteiger charge is 2.35. The highest BCUT2D eigenvalue weighted by atomic mass is 16.5. The van der Waals surface area contributed by atoms with Crippen LogP contribution in [0.2, 0.25) is 0 Å². The van der Waals surface area contributed by atoms with Crippen molar-refractivity contribution in [2.45, 2.75) is 45.1 Å². The molecule has 0 radical (unpaired) electrons. The lowest BCUT2D eigenvalue weighted by Gasteiger charge is -2.37. The molecule has 1 atom stereocenters. The molecule has 2 amide bonds. The molecule has 0 bridgehead atoms. The van der Waals surface area contributed by atoms with E-state index in [1.807, 2.05) is 42.2 Å². The number of nitrogens with one attached hydrogen (secondary N) is 2. The van der Waals surface area contributed by atoms with Gasteiger partial charge in [-0.05, 0) is 74.3 Å². The zero-order valence-electron chi connectivity index (χ0n) is 21.1. The summed E-state index contributed by atoms with van der Waals surface area (Å²) in [5.74, 6) is 1.09. The average Bonchev–Trinajstić information content (AvgIpc) is 3.30. The first kappa shape index (κ1) is 24.2. The molecule has 7 nitrogen and oxygen atoms in total. The van der Waals surface area contributed by atoms with Gasteiger partial charge in [0.2, 0.25) is 0 Å². The van der Waals surface area contributed by atoms with Gasteiger partial charge in [0.25, 0.3) is 0 Å². The van der Waals surface area contributed by atoms with Crippen LogP contribution in [0.15, 0.2) is 48.5 Å². The zero-order chi connectivity index (χ0) is 25.1. The number of methoxy groups -OCH3 is 1. The third-order valence-corrected chi connectivity index (χ3v) is 7.74. The second kappa shape index (κ2) is 10.6. The van der Waals surface area contributed by atoms with Crippen LogP contribution >= 0.6 is 0 Å². The lowest BCUT2D eigenvalue weighted by atomic mass is 9.82. The molecule has 1 fully saturated rings. The number of urea groups is 1. The number of ether oxygens (including phenoxy) is 2. The van der Waals surface area contributed by atoms with Crippen LogP contribution in [-0.4, -0.2) is 48.7 Å². The van der Waals surface area contributed by atoms with Crippen LogP contribution in [0, 0.1) is 11.8 Å². The van der Waals surface area contributed by atoms with E-state index in [0.717, 1.165) is 54.6 Å². The Morgan fingerprint density at radius 3 is 2.53 bits per heavy atom. The lowest BCUT2D eigenvalue weighted by Crippen LogP contribution is -2.47. The number of H-pyrrole nitrogens is 1. The normalized spacial score (nSPS) is 21.6. The van der Waals surface area contributed by atoms with Crippen molar-refractivity contribution in [1.82, 2.24) is 15.2 Å². The van der Waals surface area contributed by atoms with E-state index in [0.29, 0.717) is 25.6 Å². The molecule has 1 aromatic heterocycles. The molecular formula is C29H35N3O4. The molecule has 1 aliphatic heterocycles. The first-order valence-corrected chi connectivity index (χ1v) is 13.0. The van der Waals surface area contributed by atoms with Gasteiger partial charge in [0.05, 0.1) is 25.7 Å². The minimum atomic E-state index is -0.202. The number of nitrogens with zero attached hydrogens (tertiary/aromatic N) is 1. The Hall–Kier alpha value is -3.48. The van der Waals surface area contributed by atoms with Crippen LogP contribution in [0.25, 0.3) is 10.9 Å². The Morgan fingerprint density at radius 1 is 1.06 bits per heavy atom. The van der Waals surface area contributed by atoms with Crippen molar-refractivity contribution in [3.8, 4) is 5.75 Å². The molecule has 190 valence electrons. The Kier molecular flexibility index (Phi) is 7.16. The first-order valence-electron chi connectivity index (χ1n) is 13.0. The molecule has 2 N–H and O–H groups in total. The fourth-order valence-electron chi connectivity index (χ4n) is 5.79. The predicted octanol–water partition coefficient (Wildman–Crippen LogP) is 5.20. The van der Waals surface area contributed by atoms with Crippen molar-refractivity contribution in [3.63, 3.8) is 0 Å². The van der Waals surface area contributed by atoms with E-state index in [1.54, 1.807) is 7.11 Å². The molecule has 0 unspecified atom stereocenters. The van der Waals surface area contributed by atoms with Crippen molar-refractivity contribution in [2.75, 3.05) is 26.8 Å². The molecule has 7 heteroatoms. The number of carbonyl (C=O) groups is 2. The maximum absolute atomic E-state index is 13.5. The summed E-state index contributed by atoms with van der Waals surface area (Å²) in [7, 11) is 1.66. The Morgan fingerprint density at radius 2 is 1.81 bits per heavy atom. The summed E-state index contributed by atoms with van der Waals surface area (Å²) in [5, 5.41) is 4.44. The summed E-state index contributed by atoms with van der Waals surface area (Å²) >= 11 is 0. The molecule has 5 rings (SSSR count). The predicted molar refractivity (Wildman–Crippen MR) is 139 cm³/mol. The van der Waals surface area contributed by atoms with Gasteiger partial charge in [-0.25, -0.2) is 4.79 Å². The minimum absolute atomic E-state index is 0.00104. The summed E-state index contributed by atoms with van der Waals surface area (Å²) in [6.45, 7) is 3.54. The number of esters is 1. The molecule has 2 aliphatic rings. The van der Waals surface area contributed by atoms with E-state index in [-0.39, 0.29) is 24.0 Å². The third kappa shape index (κ3) is 4.79. The highest BCUT2D eigenvalue weighted by molar-refractivity contribution is 5.86. The van der Waals surface area contributed by atoms with Crippen molar-refractivity contribution in [3.05, 3.63) is 65.4 Å². The highest BCUT2D eigenvalue weighted by Crippen LogP contribution is 2.39. The van der Waals surface area contributed by atoms with Gasteiger partial charge in [-0.3, -0.25) is 4.79 Å². The summed E-state index contributed by atoms with van der Waals surface area (Å²) in [6, 6.07) is 16.1. The van der Waals surface area contributed by atoms with Gasteiger partial charge >= 0.3 is 12.0 Å². The summed E-state index contributed by atoms with van der Waals surface area (Å²) < 4.78 is 10.5. The minimum Gasteiger partial charge on any atom is -0.497 e. The van der Waals surface area contributed by atoms with Crippen molar-refractivity contribution < 1.29 is 19.1 Å². The van der Waals surface area contributed by atoms with E-state index < -0.39 is 0 Å². The SMILES string of the molecule is CCOC(=O)C1CCC(CNC(=O)N2CCc3c([nH]c4ccccc34)[C@H]2c2ccc(OC)cc2)CC1. The van der Waals surface area contributed by atoms with E-state index in [1.165, 1.54) is 10.9 Å². The molecule has 2 heterocycles. The van der Waals surface area contributed by atoms with Crippen LogP contribution in [0.3, 0.4) is 0 Å². The number of fused-ring (bicyclic) bond motifs is 3. The van der Waals surface area contributed by atoms with E-state index in [2.05, 4.69) is 28.5 Å². The first-order chi connectivity index (χ1) is 17.6. The molecule has 0 spiro atoms. The van der Waals surface area contributed by atoms with Crippen LogP contribution < -0.4 is 10.1 Å². The fraction of sp³-hybridized carbons (Fsp3) is 0.448. The second-order valence-corrected chi connectivity index (χ2v) is 9.84. The van der Waals surface area contributed by atoms with Gasteiger partial charge in [0.1, 0.15) is 5.75 Å². The Bertz CT molecular complexity index is 1210. The summed E-state index contributed by atoms with van der Waals surface area (Å²) in [6.07, 6.45) is 4.33. The largest absolute Gasteiger partial charge is 0.497 e. The van der Waals surface area contributed by atoms with Gasteiger partial charge in [0, 0.05) is 29.7 Å². The molecular weight excluding hydrogens is 454 g/mol. The van der Waals surface area contributed by atoms with Gasteiger partial charge in [-0.2, -0.15) is 0 Å². The third-order valence-electron chi connectivity index (χ3n) is 7.74. The Balaban J connectivity index is 1.32. The van der Waals surface area contributed by atoms with Crippen LogP contribution in [0.4, 0.5) is 4.79 Å². The number of benzene rings is 2. The van der Waals surface area contributed by atoms with Gasteiger partial charge in [-0.15, -0.1) is 0 Å². The van der Waals surface area contributed by atoms with E-state index in [9.17, 15) is 9.59 Å². The monoisotopic (exact) mass is 489 g/mol. The lowest BCUT2D eigenvalue weighted by molar-refractivity contribution is -0.149. The maximum atomic E-state index is 13.5. The van der Waals surface area contributed by atoms with Gasteiger partial charge in [0.15, 0.2) is 0 Å². The molecule has 0 saturated heterocycles. The van der Waals surface area contributed by atoms with E-state index in [4.69, 9.17) is 9.47 Å². The van der Waals surface area contributed by atoms with Gasteiger partial charge < -0.3 is 24.7 Å². The topological polar surface area (TPSA) is 83.7 Å². The number of para-hydroxylation sites is 1. The number of carbonyl (C=O) groups excluding carboxylic acids is 2. The quantitative estimate of drug-likeness (QED) is 0.466. The van der Waals surface area contributed by atoms with Crippen LogP contribution in [-0.2, 0) is 16.0 Å². The van der Waals surface area contributed by atoms with Crippen LogP contribution in [0.5, 0.6) is 5.75 Å². The summed E-state index contributed by atoms with van der Waals surface area (Å²) in [5.41, 5.74) is 4.51. The molecule has 2 aromatic carbocycles. The average molecular weight is 490 g/mol. The smallest absolute Gasteiger partial charge is 0.318 e. The van der Waals surface area contributed by atoms with Crippen LogP contribution in [0.1, 0.15) is 55.5 Å². The number of hydrogen-bond donors (Lipinski definition) is 2. The summed E-state index contributed by atoms with van der Waals surface area (Å²) in [4.78, 5) is 31.1. The number of aromatic nitrogens is 1.